The zero-order chi connectivity index (χ0) is 8.69. The van der Waals surface area contributed by atoms with Crippen molar-refractivity contribution in [3.63, 3.8) is 0 Å². The lowest BCUT2D eigenvalue weighted by atomic mass is 10.3. The molecule has 0 aromatic heterocycles. The molecule has 0 aromatic rings. The predicted octanol–water partition coefficient (Wildman–Crippen LogP) is 1.85. The Morgan fingerprint density at radius 1 is 1.55 bits per heavy atom. The minimum atomic E-state index is 0.0680. The van der Waals surface area contributed by atoms with E-state index in [1.165, 1.54) is 0 Å². The monoisotopic (exact) mass is 267 g/mol. The molecule has 0 rings (SSSR count). The number of likely N-dealkylation sites (N-methyl/N-ethyl adjacent to an activating group) is 1. The Balaban J connectivity index is 3.49. The lowest BCUT2D eigenvalue weighted by Crippen LogP contribution is -2.18. The Labute approximate surface area is 81.8 Å². The van der Waals surface area contributed by atoms with Gasteiger partial charge in [-0.3, -0.25) is 4.79 Å². The van der Waals surface area contributed by atoms with Crippen LogP contribution in [0, 0.1) is 0 Å². The van der Waals surface area contributed by atoms with Gasteiger partial charge < -0.3 is 4.90 Å². The first kappa shape index (κ1) is 10.9. The summed E-state index contributed by atoms with van der Waals surface area (Å²) >= 11 is 2.33. The van der Waals surface area contributed by atoms with E-state index in [1.807, 2.05) is 6.08 Å². The molecule has 0 spiro atoms. The molecule has 0 heterocycles. The van der Waals surface area contributed by atoms with Crippen LogP contribution in [0.15, 0.2) is 12.2 Å². The van der Waals surface area contributed by atoms with Gasteiger partial charge in [-0.25, -0.2) is 0 Å². The number of carbonyl (C=O) groups is 1. The first-order valence-electron chi connectivity index (χ1n) is 3.62. The van der Waals surface area contributed by atoms with Gasteiger partial charge in [0.2, 0.25) is 5.91 Å². The first-order valence-corrected chi connectivity index (χ1v) is 5.15. The number of alkyl halides is 1. The summed E-state index contributed by atoms with van der Waals surface area (Å²) in [6.45, 7) is 0. The molecule has 11 heavy (non-hydrogen) atoms. The SMILES string of the molecule is CN(C)C(=O)C=CCCCI. The minimum absolute atomic E-state index is 0.0680. The van der Waals surface area contributed by atoms with Gasteiger partial charge in [0.05, 0.1) is 0 Å². The number of halogens is 1. The van der Waals surface area contributed by atoms with Gasteiger partial charge >= 0.3 is 0 Å². The molecule has 2 nitrogen and oxygen atoms in total. The molecule has 0 N–H and O–H groups in total. The molecule has 0 saturated heterocycles. The molecule has 0 radical (unpaired) electrons. The molecule has 1 amide bonds. The highest BCUT2D eigenvalue weighted by Crippen LogP contribution is 1.95. The molecular weight excluding hydrogens is 253 g/mol. The van der Waals surface area contributed by atoms with Gasteiger partial charge in [-0.15, -0.1) is 0 Å². The van der Waals surface area contributed by atoms with Crippen molar-refractivity contribution in [3.05, 3.63) is 12.2 Å². The standard InChI is InChI=1S/C8H14INO/c1-10(2)8(11)6-4-3-5-7-9/h4,6H,3,5,7H2,1-2H3. The van der Waals surface area contributed by atoms with E-state index in [1.54, 1.807) is 25.1 Å². The van der Waals surface area contributed by atoms with E-state index in [-0.39, 0.29) is 5.91 Å². The zero-order valence-electron chi connectivity index (χ0n) is 7.01. The summed E-state index contributed by atoms with van der Waals surface area (Å²) in [5.74, 6) is 0.0680. The quantitative estimate of drug-likeness (QED) is 0.329. The zero-order valence-corrected chi connectivity index (χ0v) is 9.17. The fourth-order valence-electron chi connectivity index (χ4n) is 0.528. The number of hydrogen-bond acceptors (Lipinski definition) is 1. The van der Waals surface area contributed by atoms with E-state index >= 15 is 0 Å². The first-order chi connectivity index (χ1) is 5.18. The largest absolute Gasteiger partial charge is 0.345 e. The molecule has 0 aliphatic carbocycles. The third-order valence-corrected chi connectivity index (χ3v) is 1.97. The number of amides is 1. The summed E-state index contributed by atoms with van der Waals surface area (Å²) in [6, 6.07) is 0. The summed E-state index contributed by atoms with van der Waals surface area (Å²) in [4.78, 5) is 12.5. The van der Waals surface area contributed by atoms with E-state index in [0.717, 1.165) is 17.3 Å². The van der Waals surface area contributed by atoms with Gasteiger partial charge in [0.15, 0.2) is 0 Å². The second kappa shape index (κ2) is 6.64. The van der Waals surface area contributed by atoms with Crippen LogP contribution in [0.2, 0.25) is 0 Å². The maximum absolute atomic E-state index is 10.9. The van der Waals surface area contributed by atoms with E-state index < -0.39 is 0 Å². The van der Waals surface area contributed by atoms with Crippen LogP contribution in [0.5, 0.6) is 0 Å². The number of unbranched alkanes of at least 4 members (excludes halogenated alkanes) is 1. The molecule has 0 fully saturated rings. The van der Waals surface area contributed by atoms with Crippen LogP contribution < -0.4 is 0 Å². The Kier molecular flexibility index (Phi) is 6.60. The average Bonchev–Trinajstić information content (AvgIpc) is 1.97. The average molecular weight is 267 g/mol. The van der Waals surface area contributed by atoms with Crippen LogP contribution in [-0.2, 0) is 4.79 Å². The number of allylic oxidation sites excluding steroid dienone is 1. The van der Waals surface area contributed by atoms with Gasteiger partial charge in [0, 0.05) is 14.1 Å². The number of nitrogens with zero attached hydrogens (tertiary/aromatic N) is 1. The fraction of sp³-hybridized carbons (Fsp3) is 0.625. The van der Waals surface area contributed by atoms with Gasteiger partial charge in [0.1, 0.15) is 0 Å². The van der Waals surface area contributed by atoms with Gasteiger partial charge in [-0.1, -0.05) is 28.7 Å². The molecule has 3 heteroatoms. The lowest BCUT2D eigenvalue weighted by Gasteiger charge is -2.04. The maximum atomic E-state index is 10.9. The molecular formula is C8H14INO. The van der Waals surface area contributed by atoms with Crippen LogP contribution in [0.3, 0.4) is 0 Å². The van der Waals surface area contributed by atoms with Crippen LogP contribution >= 0.6 is 22.6 Å². The van der Waals surface area contributed by atoms with Crippen LogP contribution in [-0.4, -0.2) is 29.3 Å². The Hall–Kier alpha value is -0.0600. The van der Waals surface area contributed by atoms with Gasteiger partial charge in [0.25, 0.3) is 0 Å². The van der Waals surface area contributed by atoms with Crippen molar-refractivity contribution in [1.82, 2.24) is 4.90 Å². The number of carbonyl (C=O) groups excluding carboxylic acids is 1. The second-order valence-electron chi connectivity index (χ2n) is 2.47. The second-order valence-corrected chi connectivity index (χ2v) is 3.54. The summed E-state index contributed by atoms with van der Waals surface area (Å²) in [6.07, 6.45) is 5.72. The topological polar surface area (TPSA) is 20.3 Å². The van der Waals surface area contributed by atoms with Crippen molar-refractivity contribution in [2.75, 3.05) is 18.5 Å². The highest BCUT2D eigenvalue weighted by molar-refractivity contribution is 14.1. The summed E-state index contributed by atoms with van der Waals surface area (Å²) in [7, 11) is 3.51. The highest BCUT2D eigenvalue weighted by atomic mass is 127. The van der Waals surface area contributed by atoms with Crippen molar-refractivity contribution in [1.29, 1.82) is 0 Å². The molecule has 0 unspecified atom stereocenters. The lowest BCUT2D eigenvalue weighted by molar-refractivity contribution is -0.123. The molecule has 0 bridgehead atoms. The summed E-state index contributed by atoms with van der Waals surface area (Å²) < 4.78 is 1.15. The Bertz CT molecular complexity index is 143. The van der Waals surface area contributed by atoms with Crippen LogP contribution in [0.1, 0.15) is 12.8 Å². The van der Waals surface area contributed by atoms with Crippen molar-refractivity contribution >= 4 is 28.5 Å². The summed E-state index contributed by atoms with van der Waals surface area (Å²) in [5, 5.41) is 0. The van der Waals surface area contributed by atoms with Crippen molar-refractivity contribution < 1.29 is 4.79 Å². The minimum Gasteiger partial charge on any atom is -0.345 e. The van der Waals surface area contributed by atoms with Gasteiger partial charge in [-0.2, -0.15) is 0 Å². The van der Waals surface area contributed by atoms with Crippen molar-refractivity contribution in [2.24, 2.45) is 0 Å². The van der Waals surface area contributed by atoms with Crippen LogP contribution in [0.4, 0.5) is 0 Å². The Morgan fingerprint density at radius 3 is 2.64 bits per heavy atom. The van der Waals surface area contributed by atoms with E-state index in [0.29, 0.717) is 0 Å². The number of hydrogen-bond donors (Lipinski definition) is 0. The molecule has 0 aliphatic heterocycles. The van der Waals surface area contributed by atoms with Crippen LogP contribution in [0.25, 0.3) is 0 Å². The third-order valence-electron chi connectivity index (χ3n) is 1.21. The fourth-order valence-corrected chi connectivity index (χ4v) is 0.969. The van der Waals surface area contributed by atoms with Gasteiger partial charge in [-0.05, 0) is 23.3 Å². The maximum Gasteiger partial charge on any atom is 0.245 e. The van der Waals surface area contributed by atoms with E-state index in [9.17, 15) is 4.79 Å². The highest BCUT2D eigenvalue weighted by Gasteiger charge is 1.94. The third kappa shape index (κ3) is 6.34. The van der Waals surface area contributed by atoms with E-state index in [2.05, 4.69) is 22.6 Å². The molecule has 0 aliphatic rings. The molecule has 0 saturated carbocycles. The number of rotatable bonds is 4. The Morgan fingerprint density at radius 2 is 2.18 bits per heavy atom. The summed E-state index contributed by atoms with van der Waals surface area (Å²) in [5.41, 5.74) is 0. The normalized spacial score (nSPS) is 10.5. The predicted molar refractivity (Wildman–Crippen MR) is 56.0 cm³/mol. The van der Waals surface area contributed by atoms with Crippen molar-refractivity contribution in [3.8, 4) is 0 Å². The van der Waals surface area contributed by atoms with E-state index in [4.69, 9.17) is 0 Å². The molecule has 0 atom stereocenters. The smallest absolute Gasteiger partial charge is 0.245 e. The molecule has 64 valence electrons. The molecule has 0 aromatic carbocycles. The van der Waals surface area contributed by atoms with Crippen molar-refractivity contribution in [2.45, 2.75) is 12.8 Å².